The summed E-state index contributed by atoms with van der Waals surface area (Å²) in [6.45, 7) is 1.88. The normalized spacial score (nSPS) is 11.2. The van der Waals surface area contributed by atoms with Crippen molar-refractivity contribution in [3.8, 4) is 5.82 Å². The Bertz CT molecular complexity index is 1140. The van der Waals surface area contributed by atoms with Crippen molar-refractivity contribution in [2.45, 2.75) is 19.8 Å². The Labute approximate surface area is 163 Å². The van der Waals surface area contributed by atoms with Crippen LogP contribution >= 0.6 is 23.2 Å². The van der Waals surface area contributed by atoms with Crippen LogP contribution in [0.2, 0.25) is 10.2 Å². The van der Waals surface area contributed by atoms with Gasteiger partial charge in [-0.3, -0.25) is 4.79 Å². The highest BCUT2D eigenvalue weighted by Gasteiger charge is 2.14. The summed E-state index contributed by atoms with van der Waals surface area (Å²) in [7, 11) is 0. The van der Waals surface area contributed by atoms with Crippen LogP contribution in [-0.2, 0) is 17.6 Å². The number of nitrogens with zero attached hydrogens (tertiary/aromatic N) is 7. The number of ketones is 1. The molecule has 0 N–H and O–H groups in total. The number of aryl methyl sites for hydroxylation is 1. The molecule has 0 amide bonds. The Kier molecular flexibility index (Phi) is 4.59. The number of pyridine rings is 1. The first-order valence-corrected chi connectivity index (χ1v) is 8.79. The quantitative estimate of drug-likeness (QED) is 0.510. The largest absolute Gasteiger partial charge is 0.299 e. The first kappa shape index (κ1) is 17.6. The van der Waals surface area contributed by atoms with Crippen molar-refractivity contribution in [3.05, 3.63) is 63.9 Å². The highest BCUT2D eigenvalue weighted by molar-refractivity contribution is 6.32. The lowest BCUT2D eigenvalue weighted by Gasteiger charge is -2.08. The van der Waals surface area contributed by atoms with Gasteiger partial charge in [-0.15, -0.1) is 4.80 Å². The van der Waals surface area contributed by atoms with Gasteiger partial charge < -0.3 is 0 Å². The van der Waals surface area contributed by atoms with E-state index in [-0.39, 0.29) is 18.6 Å². The summed E-state index contributed by atoms with van der Waals surface area (Å²) in [4.78, 5) is 22.4. The number of carbonyl (C=O) groups is 1. The van der Waals surface area contributed by atoms with Crippen LogP contribution in [0.5, 0.6) is 0 Å². The number of rotatable bonds is 5. The fourth-order valence-corrected chi connectivity index (χ4v) is 3.21. The average Bonchev–Trinajstić information content (AvgIpc) is 3.27. The maximum Gasteiger partial charge on any atom is 0.193 e. The molecule has 4 aromatic heterocycles. The van der Waals surface area contributed by atoms with Gasteiger partial charge in [-0.1, -0.05) is 23.2 Å². The van der Waals surface area contributed by atoms with Gasteiger partial charge in [-0.2, -0.15) is 15.3 Å². The molecule has 0 unspecified atom stereocenters. The van der Waals surface area contributed by atoms with E-state index in [1.165, 1.54) is 17.2 Å². The zero-order valence-electron chi connectivity index (χ0n) is 14.2. The predicted octanol–water partition coefficient (Wildman–Crippen LogP) is 2.67. The molecule has 4 aromatic rings. The average molecular weight is 402 g/mol. The van der Waals surface area contributed by atoms with E-state index in [0.29, 0.717) is 21.6 Å². The molecule has 0 saturated carbocycles. The van der Waals surface area contributed by atoms with Gasteiger partial charge in [-0.25, -0.2) is 14.5 Å². The van der Waals surface area contributed by atoms with Crippen molar-refractivity contribution < 1.29 is 4.79 Å². The standard InChI is InChI=1S/C17H13Cl2N7O/c1-10-12(9-20-16-7-15(19)24-25(10)16)6-13(27)4-11-5-14(18)17(21-8-11)26-22-2-3-23-26/h2-3,5,7-9H,4,6H2,1H3. The second kappa shape index (κ2) is 7.05. The zero-order valence-corrected chi connectivity index (χ0v) is 15.7. The fourth-order valence-electron chi connectivity index (χ4n) is 2.77. The molecule has 0 spiro atoms. The van der Waals surface area contributed by atoms with Crippen LogP contribution in [-0.4, -0.2) is 40.4 Å². The van der Waals surface area contributed by atoms with Crippen molar-refractivity contribution in [2.75, 3.05) is 0 Å². The van der Waals surface area contributed by atoms with Gasteiger partial charge in [-0.05, 0) is 24.1 Å². The summed E-state index contributed by atoms with van der Waals surface area (Å²) < 4.78 is 1.63. The molecule has 10 heteroatoms. The molecule has 0 fully saturated rings. The molecule has 0 aliphatic heterocycles. The maximum atomic E-state index is 12.5. The molecule has 4 rings (SSSR count). The minimum Gasteiger partial charge on any atom is -0.299 e. The van der Waals surface area contributed by atoms with Gasteiger partial charge in [0.05, 0.1) is 17.4 Å². The van der Waals surface area contributed by atoms with E-state index in [1.54, 1.807) is 29.0 Å². The Balaban J connectivity index is 1.51. The van der Waals surface area contributed by atoms with Crippen LogP contribution in [0.15, 0.2) is 36.9 Å². The number of hydrogen-bond acceptors (Lipinski definition) is 6. The molecule has 8 nitrogen and oxygen atoms in total. The van der Waals surface area contributed by atoms with Gasteiger partial charge in [0.2, 0.25) is 0 Å². The number of aromatic nitrogens is 7. The van der Waals surface area contributed by atoms with Crippen molar-refractivity contribution in [1.82, 2.24) is 34.6 Å². The molecule has 0 saturated heterocycles. The van der Waals surface area contributed by atoms with E-state index in [1.807, 2.05) is 6.92 Å². The van der Waals surface area contributed by atoms with E-state index in [0.717, 1.165) is 16.8 Å². The molecular formula is C17H13Cl2N7O. The van der Waals surface area contributed by atoms with E-state index in [9.17, 15) is 4.79 Å². The molecule has 136 valence electrons. The van der Waals surface area contributed by atoms with E-state index < -0.39 is 0 Å². The van der Waals surface area contributed by atoms with Crippen LogP contribution in [0.25, 0.3) is 11.5 Å². The summed E-state index contributed by atoms with van der Waals surface area (Å²) in [5, 5.41) is 12.9. The molecule has 27 heavy (non-hydrogen) atoms. The number of halogens is 2. The van der Waals surface area contributed by atoms with Gasteiger partial charge in [0.1, 0.15) is 5.78 Å². The minimum atomic E-state index is 0.0142. The second-order valence-corrected chi connectivity index (χ2v) is 6.76. The van der Waals surface area contributed by atoms with Gasteiger partial charge in [0, 0.05) is 37.0 Å². The highest BCUT2D eigenvalue weighted by atomic mass is 35.5. The lowest BCUT2D eigenvalue weighted by Crippen LogP contribution is -2.11. The van der Waals surface area contributed by atoms with Gasteiger partial charge >= 0.3 is 0 Å². The van der Waals surface area contributed by atoms with Crippen LogP contribution in [0.1, 0.15) is 16.8 Å². The Morgan fingerprint density at radius 1 is 1.07 bits per heavy atom. The summed E-state index contributed by atoms with van der Waals surface area (Å²) in [6, 6.07) is 3.37. The zero-order chi connectivity index (χ0) is 19.0. The fraction of sp³-hybridized carbons (Fsp3) is 0.176. The molecule has 0 aliphatic rings. The van der Waals surface area contributed by atoms with Gasteiger partial charge in [0.15, 0.2) is 16.6 Å². The number of fused-ring (bicyclic) bond motifs is 1. The van der Waals surface area contributed by atoms with Crippen molar-refractivity contribution >= 4 is 34.6 Å². The maximum absolute atomic E-state index is 12.5. The molecule has 0 radical (unpaired) electrons. The van der Waals surface area contributed by atoms with Gasteiger partial charge in [0.25, 0.3) is 0 Å². The molecular weight excluding hydrogens is 389 g/mol. The number of carbonyl (C=O) groups excluding carboxylic acids is 1. The molecule has 0 aromatic carbocycles. The van der Waals surface area contributed by atoms with Crippen molar-refractivity contribution in [2.24, 2.45) is 0 Å². The third-order valence-electron chi connectivity index (χ3n) is 4.07. The molecule has 4 heterocycles. The Morgan fingerprint density at radius 2 is 1.85 bits per heavy atom. The van der Waals surface area contributed by atoms with Crippen LogP contribution in [0.4, 0.5) is 0 Å². The minimum absolute atomic E-state index is 0.0142. The van der Waals surface area contributed by atoms with Crippen LogP contribution in [0.3, 0.4) is 0 Å². The lowest BCUT2D eigenvalue weighted by molar-refractivity contribution is -0.117. The number of Topliss-reactive ketones (excluding diaryl/α,β-unsaturated/α-hetero) is 1. The Morgan fingerprint density at radius 3 is 2.59 bits per heavy atom. The third-order valence-corrected chi connectivity index (χ3v) is 4.53. The molecule has 0 bridgehead atoms. The lowest BCUT2D eigenvalue weighted by atomic mass is 10.0. The number of hydrogen-bond donors (Lipinski definition) is 0. The van der Waals surface area contributed by atoms with Crippen molar-refractivity contribution in [1.29, 1.82) is 0 Å². The van der Waals surface area contributed by atoms with Crippen LogP contribution in [0, 0.1) is 6.92 Å². The predicted molar refractivity (Wildman–Crippen MR) is 99.3 cm³/mol. The monoisotopic (exact) mass is 401 g/mol. The summed E-state index contributed by atoms with van der Waals surface area (Å²) in [6.07, 6.45) is 6.79. The highest BCUT2D eigenvalue weighted by Crippen LogP contribution is 2.19. The second-order valence-electron chi connectivity index (χ2n) is 5.97. The van der Waals surface area contributed by atoms with Crippen LogP contribution < -0.4 is 0 Å². The van der Waals surface area contributed by atoms with E-state index in [4.69, 9.17) is 23.2 Å². The summed E-state index contributed by atoms with van der Waals surface area (Å²) >= 11 is 12.2. The third kappa shape index (κ3) is 3.54. The van der Waals surface area contributed by atoms with E-state index in [2.05, 4.69) is 25.3 Å². The SMILES string of the molecule is Cc1c(CC(=O)Cc2cnc(-n3nccn3)c(Cl)c2)cnc2cc(Cl)nn12. The van der Waals surface area contributed by atoms with E-state index >= 15 is 0 Å². The smallest absolute Gasteiger partial charge is 0.193 e. The first-order chi connectivity index (χ1) is 13.0. The summed E-state index contributed by atoms with van der Waals surface area (Å²) in [5.74, 6) is 0.430. The molecule has 0 atom stereocenters. The van der Waals surface area contributed by atoms with Crippen molar-refractivity contribution in [3.63, 3.8) is 0 Å². The summed E-state index contributed by atoms with van der Waals surface area (Å²) in [5.41, 5.74) is 2.99. The topological polar surface area (TPSA) is 90.9 Å². The first-order valence-electron chi connectivity index (χ1n) is 8.04. The Hall–Kier alpha value is -2.84. The molecule has 0 aliphatic carbocycles.